The van der Waals surface area contributed by atoms with E-state index in [1.54, 1.807) is 6.07 Å². The summed E-state index contributed by atoms with van der Waals surface area (Å²) >= 11 is 0. The number of carboxylic acids is 1. The van der Waals surface area contributed by atoms with Gasteiger partial charge in [0.05, 0.1) is 18.8 Å². The zero-order valence-corrected chi connectivity index (χ0v) is 29.1. The number of ketones is 2. The average molecular weight is 732 g/mol. The maximum atomic E-state index is 13.7. The molecule has 0 bridgehead atoms. The highest BCUT2D eigenvalue weighted by Gasteiger charge is 2.54. The maximum absolute atomic E-state index is 13.7. The number of hydrogen-bond acceptors (Lipinski definition) is 12. The van der Waals surface area contributed by atoms with Gasteiger partial charge in [0.25, 0.3) is 0 Å². The zero-order valence-electron chi connectivity index (χ0n) is 29.1. The molecule has 6 atom stereocenters. The minimum Gasteiger partial charge on any atom is -0.504 e. The third kappa shape index (κ3) is 10.5. The van der Waals surface area contributed by atoms with Crippen molar-refractivity contribution in [3.8, 4) is 23.0 Å². The van der Waals surface area contributed by atoms with Crippen LogP contribution in [0.4, 0.5) is 0 Å². The average Bonchev–Trinajstić information content (AvgIpc) is 3.13. The molecule has 3 aromatic rings. The molecule has 7 N–H and O–H groups in total. The van der Waals surface area contributed by atoms with Crippen molar-refractivity contribution in [2.75, 3.05) is 26.4 Å². The van der Waals surface area contributed by atoms with Crippen LogP contribution in [-0.4, -0.2) is 99.5 Å². The Morgan fingerprint density at radius 1 is 0.906 bits per heavy atom. The fraction of sp³-hybridized carbons (Fsp3) is 0.375. The number of carbonyl (C=O) groups is 3. The van der Waals surface area contributed by atoms with E-state index in [2.05, 4.69) is 0 Å². The second kappa shape index (κ2) is 18.1. The Balaban J connectivity index is 1.31. The van der Waals surface area contributed by atoms with Crippen LogP contribution in [0.1, 0.15) is 42.4 Å². The minimum atomic E-state index is -2.04. The van der Waals surface area contributed by atoms with Crippen molar-refractivity contribution < 1.29 is 58.9 Å². The van der Waals surface area contributed by atoms with E-state index in [0.717, 1.165) is 5.56 Å². The van der Waals surface area contributed by atoms with E-state index < -0.39 is 54.2 Å². The van der Waals surface area contributed by atoms with Crippen LogP contribution in [0.5, 0.6) is 23.0 Å². The molecule has 13 nitrogen and oxygen atoms in total. The minimum absolute atomic E-state index is 0.143. The first-order chi connectivity index (χ1) is 25.5. The Morgan fingerprint density at radius 3 is 2.32 bits per heavy atom. The summed E-state index contributed by atoms with van der Waals surface area (Å²) in [5, 5.41) is 51.4. The van der Waals surface area contributed by atoms with E-state index in [1.165, 1.54) is 54.6 Å². The monoisotopic (exact) mass is 731 g/mol. The Morgan fingerprint density at radius 2 is 1.62 bits per heavy atom. The molecule has 0 aromatic heterocycles. The highest BCUT2D eigenvalue weighted by atomic mass is 16.6. The summed E-state index contributed by atoms with van der Waals surface area (Å²) in [7, 11) is 0. The van der Waals surface area contributed by atoms with Gasteiger partial charge in [-0.1, -0.05) is 54.6 Å². The van der Waals surface area contributed by atoms with Crippen LogP contribution in [0.25, 0.3) is 12.2 Å². The van der Waals surface area contributed by atoms with E-state index in [4.69, 9.17) is 24.7 Å². The Labute approximate surface area is 306 Å². The molecule has 1 saturated heterocycles. The number of benzene rings is 3. The Bertz CT molecular complexity index is 1790. The Hall–Kier alpha value is -5.05. The summed E-state index contributed by atoms with van der Waals surface area (Å²) in [5.41, 5.74) is 5.44. The largest absolute Gasteiger partial charge is 0.504 e. The van der Waals surface area contributed by atoms with Gasteiger partial charge in [0.1, 0.15) is 25.4 Å². The number of aryl methyl sites for hydroxylation is 1. The molecule has 282 valence electrons. The van der Waals surface area contributed by atoms with E-state index in [0.29, 0.717) is 24.0 Å². The number of aliphatic hydroxyl groups excluding tert-OH is 1. The summed E-state index contributed by atoms with van der Waals surface area (Å²) in [6.45, 7) is 0.0382. The van der Waals surface area contributed by atoms with E-state index in [-0.39, 0.29) is 67.9 Å². The van der Waals surface area contributed by atoms with Gasteiger partial charge in [0.2, 0.25) is 0 Å². The predicted octanol–water partition coefficient (Wildman–Crippen LogP) is 3.79. The number of phenols is 3. The number of rotatable bonds is 15. The van der Waals surface area contributed by atoms with Crippen LogP contribution >= 0.6 is 0 Å². The predicted molar refractivity (Wildman–Crippen MR) is 193 cm³/mol. The molecule has 2 aliphatic rings. The molecule has 53 heavy (non-hydrogen) atoms. The van der Waals surface area contributed by atoms with Gasteiger partial charge in [-0.2, -0.15) is 0 Å². The van der Waals surface area contributed by atoms with Gasteiger partial charge in [-0.25, -0.2) is 4.79 Å². The second-order valence-corrected chi connectivity index (χ2v) is 13.3. The molecule has 0 radical (unpaired) electrons. The summed E-state index contributed by atoms with van der Waals surface area (Å²) in [6, 6.07) is 18.5. The molecule has 1 saturated carbocycles. The molecule has 13 heteroatoms. The van der Waals surface area contributed by atoms with Gasteiger partial charge in [-0.05, 0) is 78.3 Å². The third-order valence-electron chi connectivity index (χ3n) is 9.37. The lowest BCUT2D eigenvalue weighted by molar-refractivity contribution is -0.230. The van der Waals surface area contributed by atoms with Crippen molar-refractivity contribution in [1.82, 2.24) is 0 Å². The van der Waals surface area contributed by atoms with Gasteiger partial charge in [0, 0.05) is 19.4 Å². The first-order valence-electron chi connectivity index (χ1n) is 17.4. The number of aromatic hydroxyl groups is 3. The van der Waals surface area contributed by atoms with Crippen molar-refractivity contribution in [1.29, 1.82) is 0 Å². The molecule has 0 unspecified atom stereocenters. The Kier molecular flexibility index (Phi) is 13.4. The molecule has 1 heterocycles. The van der Waals surface area contributed by atoms with Gasteiger partial charge in [-0.3, -0.25) is 9.59 Å². The number of carboxylic acid groups (broad SMARTS) is 1. The van der Waals surface area contributed by atoms with Crippen molar-refractivity contribution in [2.24, 2.45) is 11.7 Å². The highest BCUT2D eigenvalue weighted by molar-refractivity contribution is 5.97. The maximum Gasteiger partial charge on any atom is 0.336 e. The van der Waals surface area contributed by atoms with Crippen LogP contribution in [0.3, 0.4) is 0 Å². The number of hydrogen-bond donors (Lipinski definition) is 6. The lowest BCUT2D eigenvalue weighted by Gasteiger charge is -2.46. The summed E-state index contributed by atoms with van der Waals surface area (Å²) in [6.07, 6.45) is 1.84. The fourth-order valence-corrected chi connectivity index (χ4v) is 6.51. The van der Waals surface area contributed by atoms with E-state index >= 15 is 0 Å². The molecule has 1 aliphatic carbocycles. The second-order valence-electron chi connectivity index (χ2n) is 13.3. The number of phenolic OH excluding ortho intramolecular Hbond substituents is 3. The molecule has 2 fully saturated rings. The van der Waals surface area contributed by atoms with Crippen LogP contribution in [0.15, 0.2) is 78.9 Å². The first-order valence-corrected chi connectivity index (χ1v) is 17.4. The highest BCUT2D eigenvalue weighted by Crippen LogP contribution is 2.39. The smallest absolute Gasteiger partial charge is 0.336 e. The number of ether oxygens (including phenoxy) is 4. The third-order valence-corrected chi connectivity index (χ3v) is 9.37. The molecule has 0 spiro atoms. The number of nitrogens with two attached hydrogens (primary N) is 1. The van der Waals surface area contributed by atoms with Crippen LogP contribution in [-0.2, 0) is 35.0 Å². The van der Waals surface area contributed by atoms with Crippen LogP contribution in [0.2, 0.25) is 0 Å². The number of carbonyl (C=O) groups excluding carboxylic acids is 2. The molecule has 1 aliphatic heterocycles. The standard InChI is InChI=1S/C40H45NO12/c41-16-17-50-35-15-11-26(19-33(35)46)8-12-29(42)24-52-40(39(48)49)21-34(47)38-37(22-40)53-36(31(44)14-10-27-9-13-30(43)32(45)18-27)20-28(23-51-38)7-6-25-4-2-1-3-5-25/h1-5,8-15,18-19,28,34,36-38,43,45-47H,6-7,16-17,20-24,41H2,(H,48,49)/b12-8+,14-10+/t28-,34+,36-,37+,38+,40-/m0/s1. The summed E-state index contributed by atoms with van der Waals surface area (Å²) in [4.78, 5) is 39.3. The number of aliphatic carboxylic acids is 1. The summed E-state index contributed by atoms with van der Waals surface area (Å²) in [5.74, 6) is -3.11. The topological polar surface area (TPSA) is 215 Å². The van der Waals surface area contributed by atoms with Gasteiger partial charge in [-0.15, -0.1) is 0 Å². The van der Waals surface area contributed by atoms with Crippen molar-refractivity contribution in [3.63, 3.8) is 0 Å². The molecular weight excluding hydrogens is 686 g/mol. The van der Waals surface area contributed by atoms with Crippen LogP contribution < -0.4 is 10.5 Å². The van der Waals surface area contributed by atoms with Crippen LogP contribution in [0, 0.1) is 5.92 Å². The van der Waals surface area contributed by atoms with Gasteiger partial charge >= 0.3 is 5.97 Å². The summed E-state index contributed by atoms with van der Waals surface area (Å²) < 4.78 is 23.6. The zero-order chi connectivity index (χ0) is 38.0. The van der Waals surface area contributed by atoms with Gasteiger partial charge in [0.15, 0.2) is 40.2 Å². The van der Waals surface area contributed by atoms with Crippen molar-refractivity contribution in [3.05, 3.63) is 95.6 Å². The van der Waals surface area contributed by atoms with Gasteiger partial charge < -0.3 is 50.2 Å². The lowest BCUT2D eigenvalue weighted by atomic mass is 9.78. The quantitative estimate of drug-likeness (QED) is 0.0971. The first kappa shape index (κ1) is 39.2. The fourth-order valence-electron chi connectivity index (χ4n) is 6.51. The lowest BCUT2D eigenvalue weighted by Crippen LogP contribution is -2.60. The number of fused-ring (bicyclic) bond motifs is 1. The van der Waals surface area contributed by atoms with E-state index in [1.807, 2.05) is 30.3 Å². The molecule has 3 aromatic carbocycles. The molecule has 5 rings (SSSR count). The van der Waals surface area contributed by atoms with Crippen molar-refractivity contribution >= 4 is 29.7 Å². The SMILES string of the molecule is NCCOc1ccc(/C=C/C(=O)CO[C@@]2(C(=O)O)C[C@@H](O)[C@H]3OC[C@@H](CCc4ccccc4)C[C@@H](C(=O)/C=C/c4ccc(O)c(O)c4)O[C@@H]3C2)cc1O. The number of aliphatic hydroxyl groups is 1. The molecule has 0 amide bonds. The molecular formula is C40H45NO12. The van der Waals surface area contributed by atoms with Crippen molar-refractivity contribution in [2.45, 2.75) is 62.1 Å². The normalized spacial score (nSPS) is 24.7. The van der Waals surface area contributed by atoms with E-state index in [9.17, 15) is 39.9 Å².